The molecule has 0 aromatic carbocycles. The molecule has 1 aromatic heterocycles. The average Bonchev–Trinajstić information content (AvgIpc) is 2.39. The minimum absolute atomic E-state index is 0.0787. The zero-order valence-electron chi connectivity index (χ0n) is 12.4. The van der Waals surface area contributed by atoms with E-state index in [0.717, 1.165) is 11.6 Å². The minimum atomic E-state index is 0.0787. The Labute approximate surface area is 120 Å². The third-order valence-corrected chi connectivity index (χ3v) is 2.63. The third-order valence-electron chi connectivity index (χ3n) is 2.63. The maximum atomic E-state index is 7.36. The molecule has 0 aliphatic rings. The van der Waals surface area contributed by atoms with E-state index in [2.05, 4.69) is 4.98 Å². The highest BCUT2D eigenvalue weighted by Crippen LogP contribution is 2.26. The van der Waals surface area contributed by atoms with E-state index < -0.39 is 0 Å². The molecule has 0 bridgehead atoms. The zero-order chi connectivity index (χ0) is 15.0. The van der Waals surface area contributed by atoms with Gasteiger partial charge in [-0.05, 0) is 26.0 Å². The van der Waals surface area contributed by atoms with Gasteiger partial charge in [-0.3, -0.25) is 5.41 Å². The fourth-order valence-electron chi connectivity index (χ4n) is 1.75. The summed E-state index contributed by atoms with van der Waals surface area (Å²) in [5.41, 5.74) is 5.44. The zero-order valence-corrected chi connectivity index (χ0v) is 12.4. The van der Waals surface area contributed by atoms with Crippen molar-refractivity contribution in [3.05, 3.63) is 18.3 Å². The molecule has 0 aliphatic carbocycles. The number of nitrogens with zero attached hydrogens (tertiary/aromatic N) is 2. The molecule has 6 nitrogen and oxygen atoms in total. The smallest absolute Gasteiger partial charge is 0.171 e. The summed E-state index contributed by atoms with van der Waals surface area (Å²) < 4.78 is 10.9. The van der Waals surface area contributed by atoms with Crippen molar-refractivity contribution in [2.24, 2.45) is 5.73 Å². The van der Waals surface area contributed by atoms with E-state index in [1.807, 2.05) is 30.9 Å². The molecule has 0 radical (unpaired) electrons. The second-order valence-electron chi connectivity index (χ2n) is 4.75. The molecule has 0 spiro atoms. The number of pyridine rings is 1. The predicted molar refractivity (Wildman–Crippen MR) is 80.6 cm³/mol. The molecule has 0 saturated heterocycles. The molecule has 0 saturated carbocycles. The van der Waals surface area contributed by atoms with Crippen LogP contribution in [0.15, 0.2) is 18.3 Å². The van der Waals surface area contributed by atoms with E-state index in [0.29, 0.717) is 26.1 Å². The number of nitrogens with one attached hydrogen (secondary N) is 1. The van der Waals surface area contributed by atoms with Gasteiger partial charge in [0.15, 0.2) is 11.6 Å². The molecule has 0 unspecified atom stereocenters. The van der Waals surface area contributed by atoms with Crippen LogP contribution in [-0.2, 0) is 4.74 Å². The molecule has 1 aromatic rings. The highest BCUT2D eigenvalue weighted by atomic mass is 16.5. The highest BCUT2D eigenvalue weighted by Gasteiger charge is 2.14. The van der Waals surface area contributed by atoms with Gasteiger partial charge in [-0.1, -0.05) is 0 Å². The normalized spacial score (nSPS) is 10.6. The van der Waals surface area contributed by atoms with Gasteiger partial charge in [0.25, 0.3) is 0 Å². The van der Waals surface area contributed by atoms with Crippen molar-refractivity contribution in [1.82, 2.24) is 4.98 Å². The molecule has 6 heteroatoms. The molecule has 1 rings (SSSR count). The molecule has 0 aliphatic heterocycles. The van der Waals surface area contributed by atoms with Crippen LogP contribution in [0.4, 0.5) is 5.82 Å². The van der Waals surface area contributed by atoms with E-state index >= 15 is 0 Å². The van der Waals surface area contributed by atoms with Gasteiger partial charge < -0.3 is 20.1 Å². The standard InChI is InChI=1S/C14H24N4O2/c1-11(2)20-12-5-4-7-17-14(12)18(9-10-19-3)8-6-13(15)16/h4-5,7,11H,6,8-10H2,1-3H3,(H3,15,16). The summed E-state index contributed by atoms with van der Waals surface area (Å²) in [6, 6.07) is 3.75. The Hall–Kier alpha value is -1.82. The molecule has 0 atom stereocenters. The lowest BCUT2D eigenvalue weighted by molar-refractivity contribution is 0.204. The summed E-state index contributed by atoms with van der Waals surface area (Å²) in [4.78, 5) is 6.43. The lowest BCUT2D eigenvalue weighted by Gasteiger charge is -2.25. The van der Waals surface area contributed by atoms with E-state index in [9.17, 15) is 0 Å². The van der Waals surface area contributed by atoms with Gasteiger partial charge in [-0.15, -0.1) is 0 Å². The number of amidine groups is 1. The summed E-state index contributed by atoms with van der Waals surface area (Å²) in [6.45, 7) is 5.83. The Balaban J connectivity index is 2.89. The van der Waals surface area contributed by atoms with E-state index in [4.69, 9.17) is 20.6 Å². The second kappa shape index (κ2) is 8.37. The summed E-state index contributed by atoms with van der Waals surface area (Å²) in [5, 5.41) is 7.36. The Morgan fingerprint density at radius 2 is 2.20 bits per heavy atom. The molecule has 3 N–H and O–H groups in total. The van der Waals surface area contributed by atoms with Gasteiger partial charge >= 0.3 is 0 Å². The first-order valence-corrected chi connectivity index (χ1v) is 6.73. The summed E-state index contributed by atoms with van der Waals surface area (Å²) in [5.74, 6) is 1.66. The van der Waals surface area contributed by atoms with Crippen LogP contribution in [0.5, 0.6) is 5.75 Å². The van der Waals surface area contributed by atoms with Crippen molar-refractivity contribution in [3.63, 3.8) is 0 Å². The molecule has 0 amide bonds. The van der Waals surface area contributed by atoms with Gasteiger partial charge in [0.2, 0.25) is 0 Å². The fraction of sp³-hybridized carbons (Fsp3) is 0.571. The number of anilines is 1. The summed E-state index contributed by atoms with van der Waals surface area (Å²) in [7, 11) is 1.66. The number of ether oxygens (including phenoxy) is 2. The number of aromatic nitrogens is 1. The minimum Gasteiger partial charge on any atom is -0.487 e. The van der Waals surface area contributed by atoms with Crippen molar-refractivity contribution in [3.8, 4) is 5.75 Å². The van der Waals surface area contributed by atoms with Gasteiger partial charge in [-0.25, -0.2) is 4.98 Å². The maximum Gasteiger partial charge on any atom is 0.171 e. The topological polar surface area (TPSA) is 84.5 Å². The van der Waals surface area contributed by atoms with Crippen LogP contribution in [0.25, 0.3) is 0 Å². The quantitative estimate of drug-likeness (QED) is 0.530. The lowest BCUT2D eigenvalue weighted by atomic mass is 10.3. The largest absolute Gasteiger partial charge is 0.487 e. The van der Waals surface area contributed by atoms with Crippen LogP contribution in [-0.4, -0.2) is 43.7 Å². The van der Waals surface area contributed by atoms with Gasteiger partial charge in [-0.2, -0.15) is 0 Å². The van der Waals surface area contributed by atoms with E-state index in [1.54, 1.807) is 13.3 Å². The predicted octanol–water partition coefficient (Wildman–Crippen LogP) is 1.65. The first-order chi connectivity index (χ1) is 9.54. The third kappa shape index (κ3) is 5.44. The number of hydrogen-bond donors (Lipinski definition) is 2. The first kappa shape index (κ1) is 16.2. The van der Waals surface area contributed by atoms with E-state index in [1.165, 1.54) is 0 Å². The maximum absolute atomic E-state index is 7.36. The van der Waals surface area contributed by atoms with Gasteiger partial charge in [0.1, 0.15) is 0 Å². The Bertz CT molecular complexity index is 423. The number of nitrogens with two attached hydrogens (primary N) is 1. The number of rotatable bonds is 9. The Kier molecular flexibility index (Phi) is 6.79. The van der Waals surface area contributed by atoms with Crippen LogP contribution in [0.2, 0.25) is 0 Å². The molecule has 0 fully saturated rings. The molecular formula is C14H24N4O2. The Morgan fingerprint density at radius 3 is 2.80 bits per heavy atom. The number of hydrogen-bond acceptors (Lipinski definition) is 5. The SMILES string of the molecule is COCCN(CCC(=N)N)c1ncccc1OC(C)C. The summed E-state index contributed by atoms with van der Waals surface area (Å²) >= 11 is 0. The monoisotopic (exact) mass is 280 g/mol. The van der Waals surface area contributed by atoms with Crippen molar-refractivity contribution < 1.29 is 9.47 Å². The van der Waals surface area contributed by atoms with Gasteiger partial charge in [0.05, 0.1) is 18.5 Å². The molecule has 112 valence electrons. The van der Waals surface area contributed by atoms with Crippen molar-refractivity contribution in [2.75, 3.05) is 31.7 Å². The van der Waals surface area contributed by atoms with Crippen LogP contribution in [0, 0.1) is 5.41 Å². The first-order valence-electron chi connectivity index (χ1n) is 6.73. The van der Waals surface area contributed by atoms with Crippen LogP contribution in [0.1, 0.15) is 20.3 Å². The average molecular weight is 280 g/mol. The molecular weight excluding hydrogens is 256 g/mol. The van der Waals surface area contributed by atoms with Crippen LogP contribution >= 0.6 is 0 Å². The highest BCUT2D eigenvalue weighted by molar-refractivity contribution is 5.77. The molecule has 1 heterocycles. The van der Waals surface area contributed by atoms with E-state index in [-0.39, 0.29) is 11.9 Å². The number of methoxy groups -OCH3 is 1. The van der Waals surface area contributed by atoms with Gasteiger partial charge in [0, 0.05) is 32.8 Å². The summed E-state index contributed by atoms with van der Waals surface area (Å²) in [6.07, 6.45) is 2.30. The van der Waals surface area contributed by atoms with Crippen LogP contribution in [0.3, 0.4) is 0 Å². The van der Waals surface area contributed by atoms with Crippen molar-refractivity contribution in [2.45, 2.75) is 26.4 Å². The van der Waals surface area contributed by atoms with Crippen molar-refractivity contribution in [1.29, 1.82) is 5.41 Å². The Morgan fingerprint density at radius 1 is 1.45 bits per heavy atom. The van der Waals surface area contributed by atoms with Crippen molar-refractivity contribution >= 4 is 11.7 Å². The fourth-order valence-corrected chi connectivity index (χ4v) is 1.75. The molecule has 20 heavy (non-hydrogen) atoms. The van der Waals surface area contributed by atoms with Crippen LogP contribution < -0.4 is 15.4 Å². The second-order valence-corrected chi connectivity index (χ2v) is 4.75. The lowest BCUT2D eigenvalue weighted by Crippen LogP contribution is -2.32.